The highest BCUT2D eigenvalue weighted by molar-refractivity contribution is 5.48. The van der Waals surface area contributed by atoms with E-state index >= 15 is 0 Å². The van der Waals surface area contributed by atoms with Gasteiger partial charge in [0.15, 0.2) is 5.65 Å². The van der Waals surface area contributed by atoms with E-state index in [1.807, 2.05) is 18.3 Å². The molecule has 0 saturated carbocycles. The smallest absolute Gasteiger partial charge is 0.157 e. The van der Waals surface area contributed by atoms with E-state index in [-0.39, 0.29) is 11.7 Å². The van der Waals surface area contributed by atoms with Gasteiger partial charge in [0.05, 0.1) is 17.9 Å². The van der Waals surface area contributed by atoms with E-state index in [1.54, 1.807) is 10.7 Å². The molecule has 0 aliphatic carbocycles. The van der Waals surface area contributed by atoms with Gasteiger partial charge < -0.3 is 15.4 Å². The maximum absolute atomic E-state index is 5.94. The zero-order valence-electron chi connectivity index (χ0n) is 11.3. The molecule has 0 bridgehead atoms. The van der Waals surface area contributed by atoms with Gasteiger partial charge in [0.1, 0.15) is 5.82 Å². The van der Waals surface area contributed by atoms with E-state index in [9.17, 15) is 0 Å². The second-order valence-electron chi connectivity index (χ2n) is 5.54. The summed E-state index contributed by atoms with van der Waals surface area (Å²) in [6.45, 7) is 6.27. The van der Waals surface area contributed by atoms with Crippen LogP contribution in [0, 0.1) is 0 Å². The summed E-state index contributed by atoms with van der Waals surface area (Å²) in [5, 5.41) is 4.16. The lowest BCUT2D eigenvalue weighted by molar-refractivity contribution is -0.0790. The van der Waals surface area contributed by atoms with Crippen molar-refractivity contribution in [3.8, 4) is 0 Å². The number of rotatable bonds is 2. The Morgan fingerprint density at radius 2 is 2.32 bits per heavy atom. The molecular formula is C13H19N5O. The molecule has 1 atom stereocenters. The van der Waals surface area contributed by atoms with Crippen LogP contribution in [0.5, 0.6) is 0 Å². The van der Waals surface area contributed by atoms with Gasteiger partial charge in [-0.05, 0) is 19.9 Å². The third kappa shape index (κ3) is 2.41. The van der Waals surface area contributed by atoms with Crippen molar-refractivity contribution in [1.29, 1.82) is 0 Å². The van der Waals surface area contributed by atoms with Gasteiger partial charge in [0, 0.05) is 31.9 Å². The van der Waals surface area contributed by atoms with Gasteiger partial charge in [-0.2, -0.15) is 5.10 Å². The number of hydrogen-bond acceptors (Lipinski definition) is 5. The van der Waals surface area contributed by atoms with Crippen LogP contribution in [0.15, 0.2) is 24.5 Å². The van der Waals surface area contributed by atoms with Gasteiger partial charge >= 0.3 is 0 Å². The highest BCUT2D eigenvalue weighted by atomic mass is 16.5. The Morgan fingerprint density at radius 1 is 1.47 bits per heavy atom. The molecule has 1 fully saturated rings. The summed E-state index contributed by atoms with van der Waals surface area (Å²) in [7, 11) is 0. The molecule has 3 heterocycles. The molecule has 6 heteroatoms. The van der Waals surface area contributed by atoms with Crippen LogP contribution in [0.25, 0.3) is 5.65 Å². The number of fused-ring (bicyclic) bond motifs is 1. The molecule has 1 aliphatic heterocycles. The molecule has 1 aliphatic rings. The van der Waals surface area contributed by atoms with Crippen molar-refractivity contribution in [2.45, 2.75) is 25.6 Å². The number of nitrogens with two attached hydrogens (primary N) is 1. The van der Waals surface area contributed by atoms with E-state index in [1.165, 1.54) is 0 Å². The number of nitrogens with zero attached hydrogens (tertiary/aromatic N) is 4. The largest absolute Gasteiger partial charge is 0.367 e. The van der Waals surface area contributed by atoms with Crippen molar-refractivity contribution in [2.75, 3.05) is 24.5 Å². The van der Waals surface area contributed by atoms with E-state index in [0.717, 1.165) is 24.6 Å². The Bertz CT molecular complexity index is 579. The number of morpholine rings is 1. The topological polar surface area (TPSA) is 68.7 Å². The lowest BCUT2D eigenvalue weighted by Crippen LogP contribution is -2.55. The Morgan fingerprint density at radius 3 is 3.11 bits per heavy atom. The average molecular weight is 261 g/mol. The zero-order chi connectivity index (χ0) is 13.5. The van der Waals surface area contributed by atoms with Crippen LogP contribution in [0.4, 0.5) is 5.82 Å². The first-order valence-corrected chi connectivity index (χ1v) is 6.51. The SMILES string of the molecule is CC1(C)CN(c2ccn3nccc3n2)CC(CN)O1. The summed E-state index contributed by atoms with van der Waals surface area (Å²) < 4.78 is 7.69. The fourth-order valence-electron chi connectivity index (χ4n) is 2.57. The Labute approximate surface area is 112 Å². The van der Waals surface area contributed by atoms with Gasteiger partial charge in [0.25, 0.3) is 0 Å². The first-order valence-electron chi connectivity index (χ1n) is 6.51. The maximum atomic E-state index is 5.94. The molecule has 0 aromatic carbocycles. The lowest BCUT2D eigenvalue weighted by atomic mass is 10.1. The molecule has 0 radical (unpaired) electrons. The molecule has 2 N–H and O–H groups in total. The van der Waals surface area contributed by atoms with Gasteiger partial charge in [-0.25, -0.2) is 9.50 Å². The summed E-state index contributed by atoms with van der Waals surface area (Å²) in [5.74, 6) is 0.947. The third-order valence-electron chi connectivity index (χ3n) is 3.31. The van der Waals surface area contributed by atoms with Crippen molar-refractivity contribution < 1.29 is 4.74 Å². The molecule has 19 heavy (non-hydrogen) atoms. The van der Waals surface area contributed by atoms with Crippen LogP contribution >= 0.6 is 0 Å². The van der Waals surface area contributed by atoms with Gasteiger partial charge in [-0.1, -0.05) is 0 Å². The number of ether oxygens (including phenoxy) is 1. The average Bonchev–Trinajstić information content (AvgIpc) is 2.83. The molecule has 2 aromatic heterocycles. The highest BCUT2D eigenvalue weighted by Gasteiger charge is 2.33. The summed E-state index contributed by atoms with van der Waals surface area (Å²) in [5.41, 5.74) is 6.39. The summed E-state index contributed by atoms with van der Waals surface area (Å²) in [4.78, 5) is 6.85. The lowest BCUT2D eigenvalue weighted by Gasteiger charge is -2.43. The van der Waals surface area contributed by atoms with Crippen molar-refractivity contribution >= 4 is 11.5 Å². The van der Waals surface area contributed by atoms with Crippen LogP contribution in [0.3, 0.4) is 0 Å². The minimum atomic E-state index is -0.212. The van der Waals surface area contributed by atoms with Crippen molar-refractivity contribution in [3.63, 3.8) is 0 Å². The molecule has 2 aromatic rings. The minimum absolute atomic E-state index is 0.0479. The fourth-order valence-corrected chi connectivity index (χ4v) is 2.57. The molecule has 1 saturated heterocycles. The molecule has 1 unspecified atom stereocenters. The van der Waals surface area contributed by atoms with Crippen LogP contribution in [0.1, 0.15) is 13.8 Å². The number of anilines is 1. The Kier molecular flexibility index (Phi) is 2.91. The Hall–Kier alpha value is -1.66. The maximum Gasteiger partial charge on any atom is 0.157 e. The van der Waals surface area contributed by atoms with Crippen LogP contribution in [0.2, 0.25) is 0 Å². The van der Waals surface area contributed by atoms with Crippen LogP contribution < -0.4 is 10.6 Å². The summed E-state index contributed by atoms with van der Waals surface area (Å²) in [6.07, 6.45) is 3.72. The normalized spacial score (nSPS) is 22.9. The predicted octanol–water partition coefficient (Wildman–Crippen LogP) is 0.672. The van der Waals surface area contributed by atoms with Gasteiger partial charge in [-0.15, -0.1) is 0 Å². The van der Waals surface area contributed by atoms with E-state index in [0.29, 0.717) is 6.54 Å². The first kappa shape index (κ1) is 12.4. The second kappa shape index (κ2) is 4.47. The summed E-state index contributed by atoms with van der Waals surface area (Å²) >= 11 is 0. The standard InChI is InChI=1S/C13H19N5O/c1-13(2)9-17(8-10(7-14)19-13)11-4-6-18-12(16-11)3-5-15-18/h3-6,10H,7-9,14H2,1-2H3. The number of hydrogen-bond donors (Lipinski definition) is 1. The minimum Gasteiger partial charge on any atom is -0.367 e. The fraction of sp³-hybridized carbons (Fsp3) is 0.538. The first-order chi connectivity index (χ1) is 9.07. The van der Waals surface area contributed by atoms with E-state index in [4.69, 9.17) is 10.5 Å². The molecule has 6 nitrogen and oxygen atoms in total. The number of aromatic nitrogens is 3. The molecular weight excluding hydrogens is 242 g/mol. The van der Waals surface area contributed by atoms with E-state index < -0.39 is 0 Å². The van der Waals surface area contributed by atoms with Crippen molar-refractivity contribution in [3.05, 3.63) is 24.5 Å². The van der Waals surface area contributed by atoms with Crippen molar-refractivity contribution in [1.82, 2.24) is 14.6 Å². The predicted molar refractivity (Wildman–Crippen MR) is 73.2 cm³/mol. The monoisotopic (exact) mass is 261 g/mol. The van der Waals surface area contributed by atoms with Gasteiger partial charge in [-0.3, -0.25) is 0 Å². The second-order valence-corrected chi connectivity index (χ2v) is 5.54. The van der Waals surface area contributed by atoms with Gasteiger partial charge in [0.2, 0.25) is 0 Å². The zero-order valence-corrected chi connectivity index (χ0v) is 11.3. The van der Waals surface area contributed by atoms with E-state index in [2.05, 4.69) is 28.8 Å². The summed E-state index contributed by atoms with van der Waals surface area (Å²) in [6, 6.07) is 3.88. The molecule has 0 amide bonds. The highest BCUT2D eigenvalue weighted by Crippen LogP contribution is 2.24. The molecule has 0 spiro atoms. The molecule has 102 valence electrons. The quantitative estimate of drug-likeness (QED) is 0.860. The van der Waals surface area contributed by atoms with Crippen LogP contribution in [-0.2, 0) is 4.74 Å². The molecule has 3 rings (SSSR count). The van der Waals surface area contributed by atoms with Crippen molar-refractivity contribution in [2.24, 2.45) is 5.73 Å². The van der Waals surface area contributed by atoms with Crippen LogP contribution in [-0.4, -0.2) is 45.9 Å². The third-order valence-corrected chi connectivity index (χ3v) is 3.31. The Balaban J connectivity index is 1.91.